The predicted octanol–water partition coefficient (Wildman–Crippen LogP) is 4.20. The molecule has 2 N–H and O–H groups in total. The van der Waals surface area contributed by atoms with Gasteiger partial charge in [-0.15, -0.1) is 0 Å². The van der Waals surface area contributed by atoms with Gasteiger partial charge >= 0.3 is 0 Å². The molecule has 0 amide bonds. The van der Waals surface area contributed by atoms with Gasteiger partial charge in [0.15, 0.2) is 5.15 Å². The summed E-state index contributed by atoms with van der Waals surface area (Å²) in [7, 11) is 0. The van der Waals surface area contributed by atoms with Gasteiger partial charge in [0.1, 0.15) is 11.9 Å². The smallest absolute Gasteiger partial charge is 0.152 e. The van der Waals surface area contributed by atoms with Crippen molar-refractivity contribution in [2.75, 3.05) is 5.32 Å². The minimum absolute atomic E-state index is 0.500. The number of hydrogen-bond acceptors (Lipinski definition) is 3. The van der Waals surface area contributed by atoms with Crippen LogP contribution in [-0.2, 0) is 13.0 Å². The van der Waals surface area contributed by atoms with Crippen LogP contribution in [0.5, 0.6) is 0 Å². The number of rotatable bonds is 6. The summed E-state index contributed by atoms with van der Waals surface area (Å²) in [5.74, 6) is 0.920. The number of aromatic amines is 1. The molecule has 0 saturated heterocycles. The summed E-state index contributed by atoms with van der Waals surface area (Å²) < 4.78 is 0. The molecule has 0 radical (unpaired) electrons. The van der Waals surface area contributed by atoms with Crippen molar-refractivity contribution in [2.24, 2.45) is 0 Å². The number of imidazole rings is 1. The highest BCUT2D eigenvalue weighted by Gasteiger charge is 2.09. The largest absolute Gasteiger partial charge is 0.378 e. The summed E-state index contributed by atoms with van der Waals surface area (Å²) in [5.41, 5.74) is 3.30. The van der Waals surface area contributed by atoms with Crippen LogP contribution in [0.25, 0.3) is 0 Å². The standard InChI is InChI=1S/C16H19ClN4/c1-3-4-8-15-20-14(16(17)21-15)10-19-13-7-5-6-11(2)12(13)9-18/h5-7,19H,3-4,8,10H2,1-2H3,(H,20,21). The monoisotopic (exact) mass is 302 g/mol. The Kier molecular flexibility index (Phi) is 5.24. The Bertz CT molecular complexity index is 655. The number of anilines is 1. The fourth-order valence-electron chi connectivity index (χ4n) is 2.17. The first kappa shape index (κ1) is 15.4. The van der Waals surface area contributed by atoms with Gasteiger partial charge in [0.25, 0.3) is 0 Å². The lowest BCUT2D eigenvalue weighted by Crippen LogP contribution is -2.03. The molecule has 0 spiro atoms. The molecule has 0 fully saturated rings. The van der Waals surface area contributed by atoms with Crippen molar-refractivity contribution < 1.29 is 0 Å². The van der Waals surface area contributed by atoms with E-state index >= 15 is 0 Å². The Morgan fingerprint density at radius 1 is 1.43 bits per heavy atom. The molecule has 4 nitrogen and oxygen atoms in total. The van der Waals surface area contributed by atoms with Gasteiger partial charge in [-0.2, -0.15) is 5.26 Å². The number of nitrogens with one attached hydrogen (secondary N) is 2. The molecule has 2 rings (SSSR count). The molecule has 0 aliphatic rings. The highest BCUT2D eigenvalue weighted by molar-refractivity contribution is 6.30. The molecule has 1 heterocycles. The Balaban J connectivity index is 2.08. The van der Waals surface area contributed by atoms with Crippen molar-refractivity contribution in [3.63, 3.8) is 0 Å². The number of halogens is 1. The zero-order chi connectivity index (χ0) is 15.2. The van der Waals surface area contributed by atoms with E-state index in [0.717, 1.165) is 42.0 Å². The SMILES string of the molecule is CCCCc1nc(Cl)c(CNc2cccc(C)c2C#N)[nH]1. The third kappa shape index (κ3) is 3.77. The van der Waals surface area contributed by atoms with Crippen molar-refractivity contribution >= 4 is 17.3 Å². The number of nitrogens with zero attached hydrogens (tertiary/aromatic N) is 2. The Labute approximate surface area is 130 Å². The van der Waals surface area contributed by atoms with E-state index in [4.69, 9.17) is 11.6 Å². The zero-order valence-electron chi connectivity index (χ0n) is 12.3. The topological polar surface area (TPSA) is 64.5 Å². The second-order valence-electron chi connectivity index (χ2n) is 5.02. The van der Waals surface area contributed by atoms with E-state index in [2.05, 4.69) is 28.3 Å². The maximum atomic E-state index is 9.22. The molecule has 0 aliphatic carbocycles. The van der Waals surface area contributed by atoms with E-state index < -0.39 is 0 Å². The molecular formula is C16H19ClN4. The van der Waals surface area contributed by atoms with Crippen LogP contribution in [0.15, 0.2) is 18.2 Å². The van der Waals surface area contributed by atoms with E-state index in [-0.39, 0.29) is 0 Å². The summed E-state index contributed by atoms with van der Waals surface area (Å²) in [6.45, 7) is 4.60. The molecule has 0 bridgehead atoms. The van der Waals surface area contributed by atoms with E-state index in [1.807, 2.05) is 25.1 Å². The number of nitriles is 1. The number of benzene rings is 1. The van der Waals surface area contributed by atoms with Gasteiger partial charge in [-0.25, -0.2) is 4.98 Å². The van der Waals surface area contributed by atoms with E-state index in [9.17, 15) is 5.26 Å². The lowest BCUT2D eigenvalue weighted by atomic mass is 10.1. The first-order valence-electron chi connectivity index (χ1n) is 7.12. The normalized spacial score (nSPS) is 10.4. The van der Waals surface area contributed by atoms with Crippen molar-refractivity contribution in [2.45, 2.75) is 39.7 Å². The average molecular weight is 303 g/mol. The molecule has 1 aromatic carbocycles. The van der Waals surface area contributed by atoms with Crippen LogP contribution in [0.4, 0.5) is 5.69 Å². The Morgan fingerprint density at radius 2 is 2.24 bits per heavy atom. The maximum Gasteiger partial charge on any atom is 0.152 e. The van der Waals surface area contributed by atoms with Crippen LogP contribution < -0.4 is 5.32 Å². The number of aromatic nitrogens is 2. The van der Waals surface area contributed by atoms with Crippen molar-refractivity contribution in [3.05, 3.63) is 46.0 Å². The molecule has 110 valence electrons. The zero-order valence-corrected chi connectivity index (χ0v) is 13.1. The average Bonchev–Trinajstić information content (AvgIpc) is 2.83. The van der Waals surface area contributed by atoms with Crippen LogP contribution >= 0.6 is 11.6 Å². The molecule has 5 heteroatoms. The molecule has 0 unspecified atom stereocenters. The lowest BCUT2D eigenvalue weighted by Gasteiger charge is -2.09. The quantitative estimate of drug-likeness (QED) is 0.840. The first-order valence-corrected chi connectivity index (χ1v) is 7.50. The number of H-pyrrole nitrogens is 1. The van der Waals surface area contributed by atoms with E-state index in [0.29, 0.717) is 17.3 Å². The summed E-state index contributed by atoms with van der Waals surface area (Å²) in [4.78, 5) is 7.58. The molecule has 2 aromatic rings. The molecule has 21 heavy (non-hydrogen) atoms. The van der Waals surface area contributed by atoms with Gasteiger partial charge < -0.3 is 10.3 Å². The van der Waals surface area contributed by atoms with Gasteiger partial charge in [0, 0.05) is 6.42 Å². The van der Waals surface area contributed by atoms with Crippen molar-refractivity contribution in [3.8, 4) is 6.07 Å². The van der Waals surface area contributed by atoms with Gasteiger partial charge in [0.05, 0.1) is 23.5 Å². The fraction of sp³-hybridized carbons (Fsp3) is 0.375. The number of unbranched alkanes of at least 4 members (excludes halogenated alkanes) is 1. The van der Waals surface area contributed by atoms with Crippen LogP contribution in [-0.4, -0.2) is 9.97 Å². The third-order valence-corrected chi connectivity index (χ3v) is 3.70. The van der Waals surface area contributed by atoms with Crippen LogP contribution in [0.3, 0.4) is 0 Å². The fourth-order valence-corrected chi connectivity index (χ4v) is 2.38. The highest BCUT2D eigenvalue weighted by atomic mass is 35.5. The third-order valence-electron chi connectivity index (χ3n) is 3.38. The minimum atomic E-state index is 0.500. The van der Waals surface area contributed by atoms with Crippen LogP contribution in [0.1, 0.15) is 42.4 Å². The minimum Gasteiger partial charge on any atom is -0.378 e. The van der Waals surface area contributed by atoms with Crippen molar-refractivity contribution in [1.82, 2.24) is 9.97 Å². The maximum absolute atomic E-state index is 9.22. The summed E-state index contributed by atoms with van der Waals surface area (Å²) in [5, 5.41) is 13.0. The second-order valence-corrected chi connectivity index (χ2v) is 5.38. The lowest BCUT2D eigenvalue weighted by molar-refractivity contribution is 0.760. The molecule has 0 saturated carbocycles. The summed E-state index contributed by atoms with van der Waals surface area (Å²) in [6.07, 6.45) is 3.12. The molecule has 0 atom stereocenters. The van der Waals surface area contributed by atoms with Gasteiger partial charge in [-0.1, -0.05) is 37.1 Å². The summed E-state index contributed by atoms with van der Waals surface area (Å²) >= 11 is 6.15. The van der Waals surface area contributed by atoms with Gasteiger partial charge in [-0.05, 0) is 25.0 Å². The van der Waals surface area contributed by atoms with E-state index in [1.165, 1.54) is 0 Å². The van der Waals surface area contributed by atoms with Crippen molar-refractivity contribution in [1.29, 1.82) is 5.26 Å². The highest BCUT2D eigenvalue weighted by Crippen LogP contribution is 2.21. The first-order chi connectivity index (χ1) is 10.2. The van der Waals surface area contributed by atoms with Crippen LogP contribution in [0, 0.1) is 18.3 Å². The van der Waals surface area contributed by atoms with E-state index in [1.54, 1.807) is 0 Å². The Hall–Kier alpha value is -1.99. The summed E-state index contributed by atoms with van der Waals surface area (Å²) in [6, 6.07) is 7.98. The van der Waals surface area contributed by atoms with Gasteiger partial charge in [-0.3, -0.25) is 0 Å². The molecular weight excluding hydrogens is 284 g/mol. The van der Waals surface area contributed by atoms with Crippen LogP contribution in [0.2, 0.25) is 5.15 Å². The number of aryl methyl sites for hydroxylation is 2. The molecule has 1 aromatic heterocycles. The number of hydrogen-bond donors (Lipinski definition) is 2. The molecule has 0 aliphatic heterocycles. The van der Waals surface area contributed by atoms with Gasteiger partial charge in [0.2, 0.25) is 0 Å². The predicted molar refractivity (Wildman–Crippen MR) is 85.4 cm³/mol. The second kappa shape index (κ2) is 7.14. The Morgan fingerprint density at radius 3 is 2.95 bits per heavy atom.